The third kappa shape index (κ3) is 2.91. The van der Waals surface area contributed by atoms with Crippen LogP contribution >= 0.6 is 0 Å². The predicted molar refractivity (Wildman–Crippen MR) is 69.6 cm³/mol. The zero-order valence-corrected chi connectivity index (χ0v) is 10.8. The zero-order valence-electron chi connectivity index (χ0n) is 10.8. The van der Waals surface area contributed by atoms with Crippen molar-refractivity contribution in [3.63, 3.8) is 0 Å². The summed E-state index contributed by atoms with van der Waals surface area (Å²) < 4.78 is 6.82. The summed E-state index contributed by atoms with van der Waals surface area (Å²) in [4.78, 5) is 0. The summed E-state index contributed by atoms with van der Waals surface area (Å²) >= 11 is 0. The SMILES string of the molecule is COc1ccc(-c2c(CO)nnn2CCCO)cc1. The number of rotatable bonds is 6. The van der Waals surface area contributed by atoms with E-state index in [9.17, 15) is 5.11 Å². The molecule has 0 aliphatic carbocycles. The fourth-order valence-corrected chi connectivity index (χ4v) is 1.90. The van der Waals surface area contributed by atoms with E-state index in [0.29, 0.717) is 18.7 Å². The van der Waals surface area contributed by atoms with Gasteiger partial charge in [0.1, 0.15) is 11.4 Å². The molecule has 1 aromatic carbocycles. The van der Waals surface area contributed by atoms with Crippen LogP contribution in [0.5, 0.6) is 5.75 Å². The first-order valence-electron chi connectivity index (χ1n) is 6.08. The minimum absolute atomic E-state index is 0.0936. The lowest BCUT2D eigenvalue weighted by atomic mass is 10.1. The van der Waals surface area contributed by atoms with Crippen molar-refractivity contribution < 1.29 is 14.9 Å². The van der Waals surface area contributed by atoms with Crippen LogP contribution in [0.25, 0.3) is 11.3 Å². The van der Waals surface area contributed by atoms with Crippen molar-refractivity contribution in [3.05, 3.63) is 30.0 Å². The third-order valence-corrected chi connectivity index (χ3v) is 2.85. The molecule has 0 spiro atoms. The Morgan fingerprint density at radius 3 is 2.53 bits per heavy atom. The molecule has 0 radical (unpaired) electrons. The summed E-state index contributed by atoms with van der Waals surface area (Å²) in [7, 11) is 1.61. The number of benzene rings is 1. The second-order valence-electron chi connectivity index (χ2n) is 4.07. The lowest BCUT2D eigenvalue weighted by Crippen LogP contribution is -2.05. The van der Waals surface area contributed by atoms with Crippen LogP contribution in [0.15, 0.2) is 24.3 Å². The molecule has 2 aromatic rings. The third-order valence-electron chi connectivity index (χ3n) is 2.85. The fraction of sp³-hybridized carbons (Fsp3) is 0.385. The fourth-order valence-electron chi connectivity index (χ4n) is 1.90. The summed E-state index contributed by atoms with van der Waals surface area (Å²) in [6.45, 7) is 0.488. The van der Waals surface area contributed by atoms with Crippen LogP contribution in [0.3, 0.4) is 0 Å². The smallest absolute Gasteiger partial charge is 0.118 e. The van der Waals surface area contributed by atoms with Crippen molar-refractivity contribution in [2.75, 3.05) is 13.7 Å². The highest BCUT2D eigenvalue weighted by Crippen LogP contribution is 2.24. The maximum absolute atomic E-state index is 9.33. The zero-order chi connectivity index (χ0) is 13.7. The van der Waals surface area contributed by atoms with Gasteiger partial charge in [0, 0.05) is 18.7 Å². The van der Waals surface area contributed by atoms with Gasteiger partial charge in [-0.2, -0.15) is 0 Å². The molecule has 1 heterocycles. The Morgan fingerprint density at radius 2 is 1.95 bits per heavy atom. The molecule has 0 atom stereocenters. The summed E-state index contributed by atoms with van der Waals surface area (Å²) in [6.07, 6.45) is 0.595. The highest BCUT2D eigenvalue weighted by atomic mass is 16.5. The van der Waals surface area contributed by atoms with Gasteiger partial charge in [0.2, 0.25) is 0 Å². The highest BCUT2D eigenvalue weighted by molar-refractivity contribution is 5.62. The number of hydrogen-bond acceptors (Lipinski definition) is 5. The number of nitrogens with zero attached hydrogens (tertiary/aromatic N) is 3. The number of aromatic nitrogens is 3. The van der Waals surface area contributed by atoms with E-state index in [4.69, 9.17) is 9.84 Å². The molecule has 0 aliphatic rings. The van der Waals surface area contributed by atoms with Gasteiger partial charge in [-0.05, 0) is 30.7 Å². The molecule has 0 fully saturated rings. The minimum atomic E-state index is -0.166. The van der Waals surface area contributed by atoms with E-state index in [2.05, 4.69) is 10.3 Å². The molecule has 0 amide bonds. The van der Waals surface area contributed by atoms with E-state index in [1.807, 2.05) is 24.3 Å². The van der Waals surface area contributed by atoms with Gasteiger partial charge in [0.25, 0.3) is 0 Å². The Hall–Kier alpha value is -1.92. The molecule has 0 saturated heterocycles. The maximum Gasteiger partial charge on any atom is 0.118 e. The highest BCUT2D eigenvalue weighted by Gasteiger charge is 2.14. The number of aliphatic hydroxyl groups is 2. The van der Waals surface area contributed by atoms with Crippen LogP contribution in [0, 0.1) is 0 Å². The van der Waals surface area contributed by atoms with Crippen LogP contribution in [0.4, 0.5) is 0 Å². The van der Waals surface area contributed by atoms with Gasteiger partial charge in [0.05, 0.1) is 19.4 Å². The van der Waals surface area contributed by atoms with Gasteiger partial charge in [-0.25, -0.2) is 4.68 Å². The van der Waals surface area contributed by atoms with Crippen molar-refractivity contribution in [1.29, 1.82) is 0 Å². The van der Waals surface area contributed by atoms with E-state index in [0.717, 1.165) is 17.0 Å². The van der Waals surface area contributed by atoms with Crippen molar-refractivity contribution in [1.82, 2.24) is 15.0 Å². The molecular weight excluding hydrogens is 246 g/mol. The van der Waals surface area contributed by atoms with Gasteiger partial charge >= 0.3 is 0 Å². The Labute approximate surface area is 111 Å². The lowest BCUT2D eigenvalue weighted by molar-refractivity contribution is 0.276. The second-order valence-corrected chi connectivity index (χ2v) is 4.07. The first kappa shape index (κ1) is 13.5. The molecular formula is C13H17N3O3. The standard InChI is InChI=1S/C13H17N3O3/c1-19-11-5-3-10(4-6-11)13-12(9-18)14-15-16(13)7-2-8-17/h3-6,17-18H,2,7-9H2,1H3. The van der Waals surface area contributed by atoms with Crippen molar-refractivity contribution in [2.24, 2.45) is 0 Å². The number of hydrogen-bond donors (Lipinski definition) is 2. The molecule has 2 N–H and O–H groups in total. The Bertz CT molecular complexity index is 522. The van der Waals surface area contributed by atoms with Crippen molar-refractivity contribution in [2.45, 2.75) is 19.6 Å². The molecule has 6 heteroatoms. The molecule has 0 bridgehead atoms. The molecule has 102 valence electrons. The van der Waals surface area contributed by atoms with E-state index in [1.165, 1.54) is 0 Å². The normalized spacial score (nSPS) is 10.7. The monoisotopic (exact) mass is 263 g/mol. The number of aryl methyl sites for hydroxylation is 1. The molecule has 19 heavy (non-hydrogen) atoms. The van der Waals surface area contributed by atoms with Crippen LogP contribution in [-0.2, 0) is 13.2 Å². The number of methoxy groups -OCH3 is 1. The van der Waals surface area contributed by atoms with Gasteiger partial charge in [-0.15, -0.1) is 5.10 Å². The van der Waals surface area contributed by atoms with Crippen molar-refractivity contribution >= 4 is 0 Å². The summed E-state index contributed by atoms with van der Waals surface area (Å²) in [5, 5.41) is 26.2. The first-order valence-corrected chi connectivity index (χ1v) is 6.08. The average Bonchev–Trinajstić information content (AvgIpc) is 2.88. The maximum atomic E-state index is 9.33. The van der Waals surface area contributed by atoms with E-state index in [1.54, 1.807) is 11.8 Å². The summed E-state index contributed by atoms with van der Waals surface area (Å²) in [5.41, 5.74) is 2.22. The van der Waals surface area contributed by atoms with Crippen LogP contribution < -0.4 is 4.74 Å². The molecule has 2 rings (SSSR count). The topological polar surface area (TPSA) is 80.4 Å². The van der Waals surface area contributed by atoms with Gasteiger partial charge in [-0.3, -0.25) is 0 Å². The number of aliphatic hydroxyl groups excluding tert-OH is 2. The summed E-state index contributed by atoms with van der Waals surface area (Å²) in [5.74, 6) is 0.767. The van der Waals surface area contributed by atoms with Crippen LogP contribution in [0.1, 0.15) is 12.1 Å². The quantitative estimate of drug-likeness (QED) is 0.806. The van der Waals surface area contributed by atoms with Crippen LogP contribution in [-0.4, -0.2) is 38.9 Å². The average molecular weight is 263 g/mol. The molecule has 1 aromatic heterocycles. The van der Waals surface area contributed by atoms with Gasteiger partial charge in [0.15, 0.2) is 0 Å². The Morgan fingerprint density at radius 1 is 1.21 bits per heavy atom. The Balaban J connectivity index is 2.36. The first-order chi connectivity index (χ1) is 9.30. The largest absolute Gasteiger partial charge is 0.497 e. The van der Waals surface area contributed by atoms with E-state index in [-0.39, 0.29) is 13.2 Å². The lowest BCUT2D eigenvalue weighted by Gasteiger charge is -2.08. The van der Waals surface area contributed by atoms with Crippen LogP contribution in [0.2, 0.25) is 0 Å². The molecule has 6 nitrogen and oxygen atoms in total. The Kier molecular flexibility index (Phi) is 4.48. The molecule has 0 saturated carbocycles. The van der Waals surface area contributed by atoms with E-state index < -0.39 is 0 Å². The second kappa shape index (κ2) is 6.31. The van der Waals surface area contributed by atoms with Crippen molar-refractivity contribution in [3.8, 4) is 17.0 Å². The molecule has 0 aliphatic heterocycles. The summed E-state index contributed by atoms with van der Waals surface area (Å²) in [6, 6.07) is 7.48. The minimum Gasteiger partial charge on any atom is -0.497 e. The van der Waals surface area contributed by atoms with Gasteiger partial charge < -0.3 is 14.9 Å². The van der Waals surface area contributed by atoms with Gasteiger partial charge in [-0.1, -0.05) is 5.21 Å². The number of ether oxygens (including phenoxy) is 1. The van der Waals surface area contributed by atoms with E-state index >= 15 is 0 Å². The molecule has 0 unspecified atom stereocenters. The predicted octanol–water partition coefficient (Wildman–Crippen LogP) is 0.828.